The van der Waals surface area contributed by atoms with Crippen molar-refractivity contribution in [3.05, 3.63) is 0 Å². The third-order valence-corrected chi connectivity index (χ3v) is 4.98. The normalized spacial score (nSPS) is 25.1. The minimum atomic E-state index is -2.98. The largest absolute Gasteiger partial charge is 0.396 e. The van der Waals surface area contributed by atoms with E-state index in [1.54, 1.807) is 11.8 Å². The number of sulfone groups is 1. The van der Waals surface area contributed by atoms with Crippen LogP contribution in [-0.4, -0.2) is 61.3 Å². The molecule has 4 nitrogen and oxygen atoms in total. The molecule has 0 aromatic carbocycles. The monoisotopic (exact) mass is 239 g/mol. The van der Waals surface area contributed by atoms with Crippen LogP contribution in [0.1, 0.15) is 6.42 Å². The number of nitrogens with zero attached hydrogens (tertiary/aromatic N) is 1. The highest BCUT2D eigenvalue weighted by molar-refractivity contribution is 8.00. The van der Waals surface area contributed by atoms with Crippen LogP contribution >= 0.6 is 11.8 Å². The number of rotatable bonds is 4. The van der Waals surface area contributed by atoms with Gasteiger partial charge in [-0.3, -0.25) is 4.90 Å². The fourth-order valence-corrected chi connectivity index (χ4v) is 4.51. The zero-order valence-electron chi connectivity index (χ0n) is 8.35. The minimum absolute atomic E-state index is 0.125. The Bertz CT molecular complexity index is 266. The van der Waals surface area contributed by atoms with Crippen LogP contribution in [0.5, 0.6) is 0 Å². The lowest BCUT2D eigenvalue weighted by Crippen LogP contribution is -2.47. The zero-order chi connectivity index (χ0) is 10.6. The van der Waals surface area contributed by atoms with Gasteiger partial charge in [-0.2, -0.15) is 11.8 Å². The Kier molecular flexibility index (Phi) is 4.69. The Balaban J connectivity index is 2.60. The maximum absolute atomic E-state index is 11.4. The summed E-state index contributed by atoms with van der Waals surface area (Å²) in [6.07, 6.45) is 1.94. The molecule has 1 unspecified atom stereocenters. The number of hydrogen-bond donors (Lipinski definition) is 1. The van der Waals surface area contributed by atoms with Crippen molar-refractivity contribution in [2.24, 2.45) is 0 Å². The van der Waals surface area contributed by atoms with Crippen molar-refractivity contribution in [3.8, 4) is 0 Å². The molecule has 0 aromatic rings. The average Bonchev–Trinajstić information content (AvgIpc) is 2.14. The number of aliphatic hydroxyl groups is 1. The summed E-state index contributed by atoms with van der Waals surface area (Å²) in [5.74, 6) is 1.64. The van der Waals surface area contributed by atoms with E-state index in [2.05, 4.69) is 0 Å². The van der Waals surface area contributed by atoms with Gasteiger partial charge in [0.1, 0.15) is 5.37 Å². The molecule has 0 aromatic heterocycles. The van der Waals surface area contributed by atoms with Crippen LogP contribution in [0.25, 0.3) is 0 Å². The standard InChI is InChI=1S/C8H17NO3S2/c1-14(11,12)8-7-13-6-4-9(8)3-2-5-10/h8,10H,2-7H2,1H3. The molecule has 0 bridgehead atoms. The highest BCUT2D eigenvalue weighted by Crippen LogP contribution is 2.20. The molecule has 1 aliphatic rings. The Labute approximate surface area is 89.6 Å². The topological polar surface area (TPSA) is 57.6 Å². The van der Waals surface area contributed by atoms with Gasteiger partial charge < -0.3 is 5.11 Å². The van der Waals surface area contributed by atoms with Crippen molar-refractivity contribution >= 4 is 21.6 Å². The van der Waals surface area contributed by atoms with Gasteiger partial charge in [0, 0.05) is 37.5 Å². The third kappa shape index (κ3) is 3.42. The molecule has 0 saturated carbocycles. The summed E-state index contributed by atoms with van der Waals surface area (Å²) in [4.78, 5) is 1.96. The molecule has 84 valence electrons. The van der Waals surface area contributed by atoms with Gasteiger partial charge in [0.05, 0.1) is 0 Å². The third-order valence-electron chi connectivity index (χ3n) is 2.29. The van der Waals surface area contributed by atoms with Gasteiger partial charge >= 0.3 is 0 Å². The molecule has 0 aliphatic carbocycles. The van der Waals surface area contributed by atoms with E-state index >= 15 is 0 Å². The summed E-state index contributed by atoms with van der Waals surface area (Å²) in [6.45, 7) is 1.61. The molecule has 0 radical (unpaired) electrons. The number of hydrogen-bond acceptors (Lipinski definition) is 5. The van der Waals surface area contributed by atoms with Gasteiger partial charge in [0.15, 0.2) is 9.84 Å². The van der Waals surface area contributed by atoms with Crippen molar-refractivity contribution < 1.29 is 13.5 Å². The fourth-order valence-electron chi connectivity index (χ4n) is 1.54. The van der Waals surface area contributed by atoms with Crippen molar-refractivity contribution in [3.63, 3.8) is 0 Å². The Morgan fingerprint density at radius 1 is 1.57 bits per heavy atom. The second-order valence-electron chi connectivity index (χ2n) is 3.47. The van der Waals surface area contributed by atoms with Gasteiger partial charge in [-0.1, -0.05) is 0 Å². The van der Waals surface area contributed by atoms with Crippen LogP contribution in [0.4, 0.5) is 0 Å². The van der Waals surface area contributed by atoms with E-state index in [4.69, 9.17) is 5.11 Å². The maximum Gasteiger partial charge on any atom is 0.164 e. The fraction of sp³-hybridized carbons (Fsp3) is 1.00. The van der Waals surface area contributed by atoms with Crippen LogP contribution < -0.4 is 0 Å². The SMILES string of the molecule is CS(=O)(=O)C1CSCCN1CCCO. The summed E-state index contributed by atoms with van der Waals surface area (Å²) in [7, 11) is -2.98. The lowest BCUT2D eigenvalue weighted by Gasteiger charge is -2.33. The Morgan fingerprint density at radius 2 is 2.29 bits per heavy atom. The molecule has 1 rings (SSSR count). The first kappa shape index (κ1) is 12.3. The van der Waals surface area contributed by atoms with Gasteiger partial charge in [-0.25, -0.2) is 8.42 Å². The Morgan fingerprint density at radius 3 is 2.86 bits per heavy atom. The van der Waals surface area contributed by atoms with E-state index in [-0.39, 0.29) is 12.0 Å². The predicted octanol–water partition coefficient (Wildman–Crippen LogP) is -0.212. The molecular formula is C8H17NO3S2. The van der Waals surface area contributed by atoms with Crippen LogP contribution in [0, 0.1) is 0 Å². The molecule has 6 heteroatoms. The first-order valence-electron chi connectivity index (χ1n) is 4.67. The second-order valence-corrected chi connectivity index (χ2v) is 6.83. The van der Waals surface area contributed by atoms with E-state index in [1.807, 2.05) is 4.90 Å². The smallest absolute Gasteiger partial charge is 0.164 e. The van der Waals surface area contributed by atoms with Gasteiger partial charge in [-0.15, -0.1) is 0 Å². The van der Waals surface area contributed by atoms with Gasteiger partial charge in [-0.05, 0) is 6.42 Å². The molecular weight excluding hydrogens is 222 g/mol. The molecule has 1 saturated heterocycles. The van der Waals surface area contributed by atoms with Gasteiger partial charge in [0.2, 0.25) is 0 Å². The molecule has 0 amide bonds. The molecule has 1 fully saturated rings. The highest BCUT2D eigenvalue weighted by atomic mass is 32.2. The van der Waals surface area contributed by atoms with Crippen LogP contribution in [0.3, 0.4) is 0 Å². The van der Waals surface area contributed by atoms with Crippen LogP contribution in [-0.2, 0) is 9.84 Å². The van der Waals surface area contributed by atoms with Gasteiger partial charge in [0.25, 0.3) is 0 Å². The summed E-state index contributed by atoms with van der Waals surface area (Å²) in [5.41, 5.74) is 0. The van der Waals surface area contributed by atoms with Crippen molar-refractivity contribution in [2.75, 3.05) is 37.5 Å². The van der Waals surface area contributed by atoms with E-state index < -0.39 is 9.84 Å². The van der Waals surface area contributed by atoms with E-state index in [0.29, 0.717) is 18.7 Å². The quantitative estimate of drug-likeness (QED) is 0.735. The predicted molar refractivity (Wildman–Crippen MR) is 59.2 cm³/mol. The number of aliphatic hydroxyl groups excluding tert-OH is 1. The highest BCUT2D eigenvalue weighted by Gasteiger charge is 2.30. The lowest BCUT2D eigenvalue weighted by molar-refractivity contribution is 0.221. The molecule has 14 heavy (non-hydrogen) atoms. The van der Waals surface area contributed by atoms with Crippen LogP contribution in [0.2, 0.25) is 0 Å². The summed E-state index contributed by atoms with van der Waals surface area (Å²) in [6, 6.07) is 0. The Hall–Kier alpha value is 0.220. The lowest BCUT2D eigenvalue weighted by atomic mass is 10.4. The first-order chi connectivity index (χ1) is 6.55. The molecule has 1 N–H and O–H groups in total. The summed E-state index contributed by atoms with van der Waals surface area (Å²) >= 11 is 1.68. The molecule has 1 heterocycles. The maximum atomic E-state index is 11.4. The van der Waals surface area contributed by atoms with E-state index in [0.717, 1.165) is 12.3 Å². The summed E-state index contributed by atoms with van der Waals surface area (Å²) in [5, 5.41) is 8.35. The molecule has 1 aliphatic heterocycles. The first-order valence-corrected chi connectivity index (χ1v) is 7.78. The van der Waals surface area contributed by atoms with E-state index in [1.165, 1.54) is 6.26 Å². The van der Waals surface area contributed by atoms with Crippen molar-refractivity contribution in [1.82, 2.24) is 4.90 Å². The van der Waals surface area contributed by atoms with Crippen LogP contribution in [0.15, 0.2) is 0 Å². The average molecular weight is 239 g/mol. The van der Waals surface area contributed by atoms with Crippen molar-refractivity contribution in [2.45, 2.75) is 11.8 Å². The molecule has 0 spiro atoms. The zero-order valence-corrected chi connectivity index (χ0v) is 9.98. The second kappa shape index (κ2) is 5.34. The van der Waals surface area contributed by atoms with Crippen molar-refractivity contribution in [1.29, 1.82) is 0 Å². The number of thioether (sulfide) groups is 1. The minimum Gasteiger partial charge on any atom is -0.396 e. The molecule has 1 atom stereocenters. The van der Waals surface area contributed by atoms with E-state index in [9.17, 15) is 8.42 Å². The summed E-state index contributed by atoms with van der Waals surface area (Å²) < 4.78 is 22.9.